The highest BCUT2D eigenvalue weighted by atomic mass is 127. The van der Waals surface area contributed by atoms with Crippen molar-refractivity contribution < 1.29 is 9.15 Å². The monoisotopic (exact) mass is 449 g/mol. The normalized spacial score (nSPS) is 17.8. The molecule has 2 heterocycles. The number of guanidine groups is 1. The van der Waals surface area contributed by atoms with Crippen LogP contribution < -0.4 is 5.32 Å². The largest absolute Gasteiger partial charge is 0.469 e. The summed E-state index contributed by atoms with van der Waals surface area (Å²) in [4.78, 5) is 7.17. The van der Waals surface area contributed by atoms with Gasteiger partial charge >= 0.3 is 0 Å². The van der Waals surface area contributed by atoms with Gasteiger partial charge in [0, 0.05) is 45.1 Å². The van der Waals surface area contributed by atoms with Crippen molar-refractivity contribution in [2.75, 3.05) is 39.4 Å². The number of likely N-dealkylation sites (tertiary alicyclic amines) is 1. The van der Waals surface area contributed by atoms with E-state index in [0.717, 1.165) is 64.0 Å². The Morgan fingerprint density at radius 2 is 2.33 bits per heavy atom. The Hall–Kier alpha value is -0.760. The second kappa shape index (κ2) is 12.6. The molecule has 24 heavy (non-hydrogen) atoms. The van der Waals surface area contributed by atoms with E-state index in [2.05, 4.69) is 24.1 Å². The fraction of sp³-hybridized carbons (Fsp3) is 0.722. The lowest BCUT2D eigenvalue weighted by molar-refractivity contribution is 0.114. The molecule has 138 valence electrons. The van der Waals surface area contributed by atoms with E-state index in [-0.39, 0.29) is 24.0 Å². The zero-order chi connectivity index (χ0) is 16.3. The summed E-state index contributed by atoms with van der Waals surface area (Å²) < 4.78 is 11.0. The first-order valence-electron chi connectivity index (χ1n) is 8.96. The van der Waals surface area contributed by atoms with Crippen LogP contribution in [0.4, 0.5) is 0 Å². The highest BCUT2D eigenvalue weighted by Gasteiger charge is 2.24. The summed E-state index contributed by atoms with van der Waals surface area (Å²) in [5.74, 6) is 2.68. The molecule has 0 radical (unpaired) electrons. The molecule has 1 aliphatic rings. The van der Waals surface area contributed by atoms with E-state index in [1.54, 1.807) is 6.26 Å². The van der Waals surface area contributed by atoms with Gasteiger partial charge in [-0.3, -0.25) is 4.99 Å². The first-order valence-corrected chi connectivity index (χ1v) is 8.96. The molecule has 0 amide bonds. The standard InChI is InChI=1S/C18H31N3O2.HI/c1-3-5-10-19-18(20-11-8-17-7-6-13-23-17)21-12-9-16(14-21)15-22-4-2;/h6-7,13,16H,3-5,8-12,14-15H2,1-2H3,(H,19,20);1H. The minimum Gasteiger partial charge on any atom is -0.469 e. The van der Waals surface area contributed by atoms with Crippen LogP contribution in [0.5, 0.6) is 0 Å². The zero-order valence-electron chi connectivity index (χ0n) is 15.0. The highest BCUT2D eigenvalue weighted by Crippen LogP contribution is 2.16. The van der Waals surface area contributed by atoms with Gasteiger partial charge in [0.15, 0.2) is 5.96 Å². The number of unbranched alkanes of at least 4 members (excludes halogenated alkanes) is 1. The molecule has 1 aromatic heterocycles. The van der Waals surface area contributed by atoms with Crippen LogP contribution in [0.2, 0.25) is 0 Å². The molecule has 5 nitrogen and oxygen atoms in total. The molecule has 1 atom stereocenters. The summed E-state index contributed by atoms with van der Waals surface area (Å²) in [5.41, 5.74) is 0. The van der Waals surface area contributed by atoms with Crippen LogP contribution in [0.1, 0.15) is 38.9 Å². The van der Waals surface area contributed by atoms with Crippen molar-refractivity contribution in [3.63, 3.8) is 0 Å². The van der Waals surface area contributed by atoms with Crippen LogP contribution in [-0.4, -0.2) is 50.3 Å². The fourth-order valence-corrected chi connectivity index (χ4v) is 2.81. The maximum Gasteiger partial charge on any atom is 0.193 e. The maximum absolute atomic E-state index is 5.57. The lowest BCUT2D eigenvalue weighted by atomic mass is 10.1. The van der Waals surface area contributed by atoms with Crippen LogP contribution in [-0.2, 0) is 11.2 Å². The topological polar surface area (TPSA) is 50.0 Å². The molecule has 1 aromatic rings. The van der Waals surface area contributed by atoms with Gasteiger partial charge < -0.3 is 19.4 Å². The quantitative estimate of drug-likeness (QED) is 0.271. The second-order valence-electron chi connectivity index (χ2n) is 6.08. The van der Waals surface area contributed by atoms with Crippen molar-refractivity contribution in [2.45, 2.75) is 39.5 Å². The molecule has 0 saturated carbocycles. The highest BCUT2D eigenvalue weighted by molar-refractivity contribution is 14.0. The van der Waals surface area contributed by atoms with E-state index < -0.39 is 0 Å². The third kappa shape index (κ3) is 7.42. The number of rotatable bonds is 9. The average molecular weight is 449 g/mol. The van der Waals surface area contributed by atoms with Crippen molar-refractivity contribution in [2.24, 2.45) is 10.9 Å². The first-order chi connectivity index (χ1) is 11.3. The Balaban J connectivity index is 0.00000288. The summed E-state index contributed by atoms with van der Waals surface area (Å²) in [5, 5.41) is 3.51. The van der Waals surface area contributed by atoms with Gasteiger partial charge in [-0.1, -0.05) is 13.3 Å². The Labute approximate surface area is 163 Å². The molecule has 0 aliphatic carbocycles. The SMILES string of the molecule is CCCCN=C(NCCc1ccco1)N1CCC(COCC)C1.I. The zero-order valence-corrected chi connectivity index (χ0v) is 17.3. The van der Waals surface area contributed by atoms with Gasteiger partial charge in [-0.15, -0.1) is 24.0 Å². The Morgan fingerprint density at radius 3 is 3.04 bits per heavy atom. The number of aliphatic imine (C=N–C) groups is 1. The predicted molar refractivity (Wildman–Crippen MR) is 109 cm³/mol. The van der Waals surface area contributed by atoms with Crippen molar-refractivity contribution in [1.29, 1.82) is 0 Å². The van der Waals surface area contributed by atoms with Crippen LogP contribution >= 0.6 is 24.0 Å². The third-order valence-corrected chi connectivity index (χ3v) is 4.15. The molecule has 0 spiro atoms. The molecule has 1 unspecified atom stereocenters. The van der Waals surface area contributed by atoms with Gasteiger partial charge in [-0.2, -0.15) is 0 Å². The van der Waals surface area contributed by atoms with Crippen LogP contribution in [0.15, 0.2) is 27.8 Å². The number of nitrogens with zero attached hydrogens (tertiary/aromatic N) is 2. The summed E-state index contributed by atoms with van der Waals surface area (Å²) >= 11 is 0. The van der Waals surface area contributed by atoms with E-state index in [9.17, 15) is 0 Å². The first kappa shape index (κ1) is 21.3. The van der Waals surface area contributed by atoms with Gasteiger partial charge in [0.05, 0.1) is 12.9 Å². The second-order valence-corrected chi connectivity index (χ2v) is 6.08. The molecule has 6 heteroatoms. The van der Waals surface area contributed by atoms with E-state index in [1.807, 2.05) is 12.1 Å². The number of hydrogen-bond acceptors (Lipinski definition) is 3. The van der Waals surface area contributed by atoms with E-state index in [1.165, 1.54) is 12.8 Å². The van der Waals surface area contributed by atoms with Crippen molar-refractivity contribution >= 4 is 29.9 Å². The van der Waals surface area contributed by atoms with Crippen molar-refractivity contribution in [1.82, 2.24) is 10.2 Å². The van der Waals surface area contributed by atoms with Gasteiger partial charge in [-0.25, -0.2) is 0 Å². The number of halogens is 1. The summed E-state index contributed by atoms with van der Waals surface area (Å²) in [6.07, 6.45) is 6.11. The average Bonchev–Trinajstić information content (AvgIpc) is 3.23. The number of ether oxygens (including phenoxy) is 1. The van der Waals surface area contributed by atoms with Crippen molar-refractivity contribution in [3.8, 4) is 0 Å². The lowest BCUT2D eigenvalue weighted by Crippen LogP contribution is -2.41. The van der Waals surface area contributed by atoms with Gasteiger partial charge in [0.1, 0.15) is 5.76 Å². The molecular weight excluding hydrogens is 417 g/mol. The van der Waals surface area contributed by atoms with Gasteiger partial charge in [0.25, 0.3) is 0 Å². The molecular formula is C18H32IN3O2. The molecule has 0 aromatic carbocycles. The molecule has 1 saturated heterocycles. The Morgan fingerprint density at radius 1 is 1.46 bits per heavy atom. The number of nitrogens with one attached hydrogen (secondary N) is 1. The summed E-state index contributed by atoms with van der Waals surface area (Å²) in [6, 6.07) is 3.95. The Kier molecular flexibility index (Phi) is 11.2. The van der Waals surface area contributed by atoms with E-state index in [4.69, 9.17) is 14.1 Å². The van der Waals surface area contributed by atoms with E-state index >= 15 is 0 Å². The predicted octanol–water partition coefficient (Wildman–Crippen LogP) is 3.54. The van der Waals surface area contributed by atoms with Crippen LogP contribution in [0.25, 0.3) is 0 Å². The number of furan rings is 1. The van der Waals surface area contributed by atoms with E-state index in [0.29, 0.717) is 5.92 Å². The van der Waals surface area contributed by atoms with Crippen LogP contribution in [0.3, 0.4) is 0 Å². The lowest BCUT2D eigenvalue weighted by Gasteiger charge is -2.22. The molecule has 2 rings (SSSR count). The summed E-state index contributed by atoms with van der Waals surface area (Å²) in [6.45, 7) is 9.78. The third-order valence-electron chi connectivity index (χ3n) is 4.15. The summed E-state index contributed by atoms with van der Waals surface area (Å²) in [7, 11) is 0. The number of hydrogen-bond donors (Lipinski definition) is 1. The fourth-order valence-electron chi connectivity index (χ4n) is 2.81. The molecule has 1 N–H and O–H groups in total. The van der Waals surface area contributed by atoms with Gasteiger partial charge in [-0.05, 0) is 31.9 Å². The Bertz CT molecular complexity index is 451. The van der Waals surface area contributed by atoms with Gasteiger partial charge in [0.2, 0.25) is 0 Å². The smallest absolute Gasteiger partial charge is 0.193 e. The minimum atomic E-state index is 0. The molecule has 1 aliphatic heterocycles. The van der Waals surface area contributed by atoms with Crippen LogP contribution in [0, 0.1) is 5.92 Å². The van der Waals surface area contributed by atoms with Crippen molar-refractivity contribution in [3.05, 3.63) is 24.2 Å². The molecule has 0 bridgehead atoms. The molecule has 1 fully saturated rings. The minimum absolute atomic E-state index is 0. The maximum atomic E-state index is 5.57.